The smallest absolute Gasteiger partial charge is 0.170 e. The van der Waals surface area contributed by atoms with Gasteiger partial charge >= 0.3 is 0 Å². The molecule has 0 fully saturated rings. The zero-order valence-electron chi connectivity index (χ0n) is 13.9. The molecule has 6 heteroatoms. The Balaban J connectivity index is 1.82. The van der Waals surface area contributed by atoms with Gasteiger partial charge in [0, 0.05) is 27.6 Å². The number of aryl methyl sites for hydroxylation is 1. The van der Waals surface area contributed by atoms with Gasteiger partial charge in [0.25, 0.3) is 0 Å². The standard InChI is InChI=1S/C19H18ClN3OS/c1-12-17(8-5-9-22-12)24-18-10-14(11-23-19(18)21)25-13(2)15-6-3-4-7-16(15)20/h3-11,13H,1-2H3,(H2,21,23). The van der Waals surface area contributed by atoms with Crippen molar-refractivity contribution in [3.05, 3.63) is 71.1 Å². The number of aromatic nitrogens is 2. The predicted molar refractivity (Wildman–Crippen MR) is 103 cm³/mol. The number of rotatable bonds is 5. The first-order chi connectivity index (χ1) is 12.0. The molecule has 0 aliphatic carbocycles. The summed E-state index contributed by atoms with van der Waals surface area (Å²) in [5.74, 6) is 1.53. The third kappa shape index (κ3) is 4.24. The highest BCUT2D eigenvalue weighted by atomic mass is 35.5. The van der Waals surface area contributed by atoms with Crippen molar-refractivity contribution in [1.82, 2.24) is 9.97 Å². The van der Waals surface area contributed by atoms with Crippen molar-refractivity contribution in [2.75, 3.05) is 5.73 Å². The van der Waals surface area contributed by atoms with Crippen LogP contribution in [0, 0.1) is 6.92 Å². The molecule has 2 N–H and O–H groups in total. The number of ether oxygens (including phenoxy) is 1. The minimum absolute atomic E-state index is 0.173. The van der Waals surface area contributed by atoms with Crippen molar-refractivity contribution in [1.29, 1.82) is 0 Å². The van der Waals surface area contributed by atoms with E-state index in [2.05, 4.69) is 16.9 Å². The van der Waals surface area contributed by atoms with Crippen molar-refractivity contribution in [3.63, 3.8) is 0 Å². The molecule has 2 heterocycles. The first-order valence-corrected chi connectivity index (χ1v) is 9.06. The number of nitrogens with two attached hydrogens (primary N) is 1. The predicted octanol–water partition coefficient (Wildman–Crippen LogP) is 5.67. The molecule has 128 valence electrons. The van der Waals surface area contributed by atoms with E-state index in [1.54, 1.807) is 24.2 Å². The number of anilines is 1. The summed E-state index contributed by atoms with van der Waals surface area (Å²) in [4.78, 5) is 9.43. The fraction of sp³-hybridized carbons (Fsp3) is 0.158. The number of pyridine rings is 2. The van der Waals surface area contributed by atoms with E-state index in [-0.39, 0.29) is 5.25 Å². The number of benzene rings is 1. The molecule has 0 radical (unpaired) electrons. The van der Waals surface area contributed by atoms with Crippen molar-refractivity contribution < 1.29 is 4.74 Å². The van der Waals surface area contributed by atoms with Gasteiger partial charge in [-0.15, -0.1) is 11.8 Å². The van der Waals surface area contributed by atoms with Gasteiger partial charge in [0.1, 0.15) is 5.75 Å². The molecule has 4 nitrogen and oxygen atoms in total. The van der Waals surface area contributed by atoms with Crippen LogP contribution < -0.4 is 10.5 Å². The van der Waals surface area contributed by atoms with Gasteiger partial charge in [0.15, 0.2) is 11.6 Å². The fourth-order valence-electron chi connectivity index (χ4n) is 2.35. The largest absolute Gasteiger partial charge is 0.452 e. The van der Waals surface area contributed by atoms with Gasteiger partial charge in [-0.2, -0.15) is 0 Å². The van der Waals surface area contributed by atoms with E-state index in [0.717, 1.165) is 21.2 Å². The van der Waals surface area contributed by atoms with E-state index < -0.39 is 0 Å². The van der Waals surface area contributed by atoms with Crippen molar-refractivity contribution in [3.8, 4) is 11.5 Å². The molecule has 2 aromatic heterocycles. The van der Waals surface area contributed by atoms with Crippen LogP contribution in [-0.4, -0.2) is 9.97 Å². The molecule has 1 unspecified atom stereocenters. The lowest BCUT2D eigenvalue weighted by molar-refractivity contribution is 0.474. The molecule has 1 aromatic carbocycles. The summed E-state index contributed by atoms with van der Waals surface area (Å²) in [5.41, 5.74) is 7.84. The van der Waals surface area contributed by atoms with Gasteiger partial charge in [-0.1, -0.05) is 29.8 Å². The molecule has 3 rings (SSSR count). The number of nitrogen functional groups attached to an aromatic ring is 1. The van der Waals surface area contributed by atoms with Gasteiger partial charge in [-0.05, 0) is 43.7 Å². The maximum absolute atomic E-state index is 6.29. The zero-order chi connectivity index (χ0) is 17.8. The maximum Gasteiger partial charge on any atom is 0.170 e. The van der Waals surface area contributed by atoms with Crippen LogP contribution in [0.4, 0.5) is 5.82 Å². The Hall–Kier alpha value is -2.24. The Morgan fingerprint density at radius 3 is 2.68 bits per heavy atom. The lowest BCUT2D eigenvalue weighted by atomic mass is 10.2. The molecule has 0 aliphatic rings. The van der Waals surface area contributed by atoms with Crippen molar-refractivity contribution >= 4 is 29.2 Å². The molecule has 3 aromatic rings. The number of hydrogen-bond donors (Lipinski definition) is 1. The van der Waals surface area contributed by atoms with Crippen LogP contribution in [0.2, 0.25) is 5.02 Å². The van der Waals surface area contributed by atoms with Gasteiger partial charge in [0.05, 0.1) is 5.69 Å². The topological polar surface area (TPSA) is 61.0 Å². The third-order valence-corrected chi connectivity index (χ3v) is 5.14. The Kier molecular flexibility index (Phi) is 5.46. The molecule has 0 saturated heterocycles. The Bertz CT molecular complexity index is 888. The van der Waals surface area contributed by atoms with Crippen molar-refractivity contribution in [2.45, 2.75) is 24.0 Å². The average molecular weight is 372 g/mol. The highest BCUT2D eigenvalue weighted by Gasteiger charge is 2.13. The fourth-order valence-corrected chi connectivity index (χ4v) is 3.75. The normalized spacial score (nSPS) is 12.0. The summed E-state index contributed by atoms with van der Waals surface area (Å²) < 4.78 is 5.90. The molecule has 25 heavy (non-hydrogen) atoms. The average Bonchev–Trinajstić information content (AvgIpc) is 2.60. The summed E-state index contributed by atoms with van der Waals surface area (Å²) in [6, 6.07) is 13.4. The Morgan fingerprint density at radius 1 is 1.12 bits per heavy atom. The molecule has 0 spiro atoms. The van der Waals surface area contributed by atoms with Crippen LogP contribution in [0.5, 0.6) is 11.5 Å². The van der Waals surface area contributed by atoms with E-state index in [9.17, 15) is 0 Å². The number of nitrogens with zero attached hydrogens (tertiary/aromatic N) is 2. The minimum atomic E-state index is 0.173. The lowest BCUT2D eigenvalue weighted by Gasteiger charge is -2.15. The second-order valence-corrected chi connectivity index (χ2v) is 7.35. The van der Waals surface area contributed by atoms with Gasteiger partial charge in [-0.25, -0.2) is 4.98 Å². The van der Waals surface area contributed by atoms with Gasteiger partial charge in [-0.3, -0.25) is 4.98 Å². The number of thioether (sulfide) groups is 1. The molecule has 0 aliphatic heterocycles. The number of hydrogen-bond acceptors (Lipinski definition) is 5. The zero-order valence-corrected chi connectivity index (χ0v) is 15.5. The highest BCUT2D eigenvalue weighted by Crippen LogP contribution is 2.40. The second kappa shape index (κ2) is 7.76. The monoisotopic (exact) mass is 371 g/mol. The third-order valence-electron chi connectivity index (χ3n) is 3.69. The molecule has 0 bridgehead atoms. The SMILES string of the molecule is Cc1ncccc1Oc1cc(SC(C)c2ccccc2Cl)cnc1N. The van der Waals surface area contributed by atoms with Crippen molar-refractivity contribution in [2.24, 2.45) is 0 Å². The van der Waals surface area contributed by atoms with E-state index in [1.807, 2.05) is 49.4 Å². The molecule has 0 saturated carbocycles. The number of halogens is 1. The van der Waals surface area contributed by atoms with Crippen LogP contribution in [-0.2, 0) is 0 Å². The first kappa shape index (κ1) is 17.6. The highest BCUT2D eigenvalue weighted by molar-refractivity contribution is 7.99. The van der Waals surface area contributed by atoms with Crippen LogP contribution in [0.15, 0.2) is 59.8 Å². The summed E-state index contributed by atoms with van der Waals surface area (Å²) in [7, 11) is 0. The van der Waals surface area contributed by atoms with Gasteiger partial charge < -0.3 is 10.5 Å². The Morgan fingerprint density at radius 2 is 1.92 bits per heavy atom. The van der Waals surface area contributed by atoms with Gasteiger partial charge in [0.2, 0.25) is 0 Å². The molecular formula is C19H18ClN3OS. The summed E-state index contributed by atoms with van der Waals surface area (Å²) in [6.07, 6.45) is 3.47. The lowest BCUT2D eigenvalue weighted by Crippen LogP contribution is -1.98. The van der Waals surface area contributed by atoms with E-state index >= 15 is 0 Å². The summed E-state index contributed by atoms with van der Waals surface area (Å²) in [6.45, 7) is 3.99. The van der Waals surface area contributed by atoms with E-state index in [4.69, 9.17) is 22.1 Å². The second-order valence-electron chi connectivity index (χ2n) is 5.52. The quantitative estimate of drug-likeness (QED) is 0.586. The van der Waals surface area contributed by atoms with Crippen LogP contribution >= 0.6 is 23.4 Å². The summed E-state index contributed by atoms with van der Waals surface area (Å²) >= 11 is 7.94. The van der Waals surface area contributed by atoms with Crippen LogP contribution in [0.3, 0.4) is 0 Å². The Labute approximate surface area is 156 Å². The van der Waals surface area contributed by atoms with E-state index in [0.29, 0.717) is 17.3 Å². The first-order valence-electron chi connectivity index (χ1n) is 7.80. The van der Waals surface area contributed by atoms with Crippen LogP contribution in [0.1, 0.15) is 23.4 Å². The molecule has 1 atom stereocenters. The summed E-state index contributed by atoms with van der Waals surface area (Å²) in [5, 5.41) is 0.931. The van der Waals surface area contributed by atoms with Crippen LogP contribution in [0.25, 0.3) is 0 Å². The van der Waals surface area contributed by atoms with E-state index in [1.165, 1.54) is 0 Å². The minimum Gasteiger partial charge on any atom is -0.452 e. The maximum atomic E-state index is 6.29. The molecular weight excluding hydrogens is 354 g/mol. The molecule has 0 amide bonds.